The Morgan fingerprint density at radius 2 is 2.53 bits per heavy atom. The summed E-state index contributed by atoms with van der Waals surface area (Å²) in [5.41, 5.74) is 1.44. The molecule has 2 aliphatic rings. The first-order valence-electron chi connectivity index (χ1n) is 7.09. The van der Waals surface area contributed by atoms with Gasteiger partial charge in [0, 0.05) is 25.6 Å². The Kier molecular flexibility index (Phi) is 3.87. The molecular formula is C14H23N3OS. The fraction of sp³-hybridized carbons (Fsp3) is 0.786. The normalized spacial score (nSPS) is 32.8. The molecule has 2 aliphatic heterocycles. The highest BCUT2D eigenvalue weighted by molar-refractivity contribution is 7.99. The van der Waals surface area contributed by atoms with Crippen molar-refractivity contribution in [2.24, 2.45) is 13.0 Å². The lowest BCUT2D eigenvalue weighted by molar-refractivity contribution is -0.0854. The maximum atomic E-state index is 6.13. The molecule has 2 saturated heterocycles. The molecule has 2 fully saturated rings. The number of hydrogen-bond donors (Lipinski definition) is 1. The van der Waals surface area contributed by atoms with Crippen LogP contribution in [-0.2, 0) is 11.8 Å². The van der Waals surface area contributed by atoms with E-state index in [1.807, 2.05) is 24.3 Å². The van der Waals surface area contributed by atoms with E-state index >= 15 is 0 Å². The molecule has 3 atom stereocenters. The Bertz CT molecular complexity index is 428. The molecule has 0 saturated carbocycles. The first-order chi connectivity index (χ1) is 9.24. The smallest absolute Gasteiger partial charge is 0.0946 e. The SMILES string of the molecule is CNC(c1cncn1C)C1CCOC2(CCSC2)C1. The molecule has 1 aromatic rings. The summed E-state index contributed by atoms with van der Waals surface area (Å²) in [5.74, 6) is 3.07. The fourth-order valence-electron chi connectivity index (χ4n) is 3.51. The van der Waals surface area contributed by atoms with E-state index in [-0.39, 0.29) is 5.60 Å². The van der Waals surface area contributed by atoms with Gasteiger partial charge in [-0.05, 0) is 38.0 Å². The topological polar surface area (TPSA) is 39.1 Å². The molecule has 0 amide bonds. The summed E-state index contributed by atoms with van der Waals surface area (Å²) in [7, 11) is 4.14. The van der Waals surface area contributed by atoms with Gasteiger partial charge in [-0.25, -0.2) is 4.98 Å². The van der Waals surface area contributed by atoms with E-state index in [4.69, 9.17) is 4.74 Å². The molecule has 19 heavy (non-hydrogen) atoms. The van der Waals surface area contributed by atoms with Crippen molar-refractivity contribution < 1.29 is 4.74 Å². The zero-order chi connectivity index (χ0) is 13.3. The Morgan fingerprint density at radius 1 is 1.63 bits per heavy atom. The second-order valence-electron chi connectivity index (χ2n) is 5.78. The Labute approximate surface area is 119 Å². The number of nitrogens with one attached hydrogen (secondary N) is 1. The highest BCUT2D eigenvalue weighted by Gasteiger charge is 2.42. The second-order valence-corrected chi connectivity index (χ2v) is 6.89. The maximum Gasteiger partial charge on any atom is 0.0946 e. The Hall–Kier alpha value is -0.520. The number of thioether (sulfide) groups is 1. The van der Waals surface area contributed by atoms with Crippen LogP contribution in [0, 0.1) is 5.92 Å². The third-order valence-corrected chi connectivity index (χ3v) is 5.78. The molecule has 1 N–H and O–H groups in total. The molecule has 4 nitrogen and oxygen atoms in total. The van der Waals surface area contributed by atoms with Crippen LogP contribution in [0.15, 0.2) is 12.5 Å². The molecule has 106 valence electrons. The number of aryl methyl sites for hydroxylation is 1. The second kappa shape index (κ2) is 5.46. The predicted molar refractivity (Wildman–Crippen MR) is 78.4 cm³/mol. The van der Waals surface area contributed by atoms with Crippen LogP contribution < -0.4 is 5.32 Å². The van der Waals surface area contributed by atoms with E-state index < -0.39 is 0 Å². The number of rotatable bonds is 3. The van der Waals surface area contributed by atoms with Crippen molar-refractivity contribution in [1.82, 2.24) is 14.9 Å². The van der Waals surface area contributed by atoms with E-state index in [1.165, 1.54) is 30.0 Å². The van der Waals surface area contributed by atoms with Gasteiger partial charge in [-0.15, -0.1) is 0 Å². The number of imidazole rings is 1. The molecule has 3 rings (SSSR count). The van der Waals surface area contributed by atoms with Crippen molar-refractivity contribution >= 4 is 11.8 Å². The van der Waals surface area contributed by atoms with Gasteiger partial charge in [0.05, 0.1) is 23.7 Å². The summed E-state index contributed by atoms with van der Waals surface area (Å²) >= 11 is 2.04. The number of aromatic nitrogens is 2. The molecule has 0 aromatic carbocycles. The molecule has 1 spiro atoms. The number of hydrogen-bond acceptors (Lipinski definition) is 4. The van der Waals surface area contributed by atoms with Crippen LogP contribution in [0.3, 0.4) is 0 Å². The van der Waals surface area contributed by atoms with Gasteiger partial charge in [0.2, 0.25) is 0 Å². The van der Waals surface area contributed by atoms with Gasteiger partial charge < -0.3 is 14.6 Å². The van der Waals surface area contributed by atoms with Crippen LogP contribution in [-0.4, -0.2) is 40.3 Å². The minimum Gasteiger partial charge on any atom is -0.374 e. The average molecular weight is 281 g/mol. The number of nitrogens with zero attached hydrogens (tertiary/aromatic N) is 2. The van der Waals surface area contributed by atoms with Gasteiger partial charge in [-0.2, -0.15) is 11.8 Å². The first-order valence-corrected chi connectivity index (χ1v) is 8.25. The lowest BCUT2D eigenvalue weighted by atomic mass is 9.80. The third kappa shape index (κ3) is 2.56. The zero-order valence-electron chi connectivity index (χ0n) is 11.8. The van der Waals surface area contributed by atoms with Crippen molar-refractivity contribution in [3.8, 4) is 0 Å². The van der Waals surface area contributed by atoms with E-state index in [2.05, 4.69) is 29.0 Å². The summed E-state index contributed by atoms with van der Waals surface area (Å²) in [4.78, 5) is 4.26. The molecule has 3 unspecified atom stereocenters. The molecule has 3 heterocycles. The molecule has 1 aromatic heterocycles. The van der Waals surface area contributed by atoms with Crippen LogP contribution in [0.4, 0.5) is 0 Å². The van der Waals surface area contributed by atoms with E-state index in [1.54, 1.807) is 0 Å². The highest BCUT2D eigenvalue weighted by atomic mass is 32.2. The van der Waals surface area contributed by atoms with Crippen molar-refractivity contribution in [2.75, 3.05) is 25.2 Å². The van der Waals surface area contributed by atoms with Crippen molar-refractivity contribution in [3.63, 3.8) is 0 Å². The van der Waals surface area contributed by atoms with E-state index in [9.17, 15) is 0 Å². The quantitative estimate of drug-likeness (QED) is 0.919. The fourth-order valence-corrected chi connectivity index (χ4v) is 4.88. The van der Waals surface area contributed by atoms with Gasteiger partial charge >= 0.3 is 0 Å². The van der Waals surface area contributed by atoms with Gasteiger partial charge in [0.25, 0.3) is 0 Å². The molecule has 0 aliphatic carbocycles. The molecule has 0 bridgehead atoms. The van der Waals surface area contributed by atoms with E-state index in [0.717, 1.165) is 13.0 Å². The summed E-state index contributed by atoms with van der Waals surface area (Å²) < 4.78 is 8.26. The largest absolute Gasteiger partial charge is 0.374 e. The third-order valence-electron chi connectivity index (χ3n) is 4.55. The predicted octanol–water partition coefficient (Wildman–Crippen LogP) is 1.98. The summed E-state index contributed by atoms with van der Waals surface area (Å²) in [5, 5.41) is 3.50. The standard InChI is InChI=1S/C14H23N3OS/c1-15-13(12-8-16-10-17(12)2)11-3-5-18-14(7-11)4-6-19-9-14/h8,10-11,13,15H,3-7,9H2,1-2H3. The lowest BCUT2D eigenvalue weighted by Gasteiger charge is -2.40. The Balaban J connectivity index is 1.78. The maximum absolute atomic E-state index is 6.13. The van der Waals surface area contributed by atoms with Crippen molar-refractivity contribution in [1.29, 1.82) is 0 Å². The monoisotopic (exact) mass is 281 g/mol. The van der Waals surface area contributed by atoms with Gasteiger partial charge in [-0.3, -0.25) is 0 Å². The summed E-state index contributed by atoms with van der Waals surface area (Å²) in [6, 6.07) is 0.388. The van der Waals surface area contributed by atoms with Crippen molar-refractivity contribution in [2.45, 2.75) is 30.9 Å². The highest BCUT2D eigenvalue weighted by Crippen LogP contribution is 2.43. The first kappa shape index (κ1) is 13.5. The zero-order valence-corrected chi connectivity index (χ0v) is 12.6. The van der Waals surface area contributed by atoms with Crippen LogP contribution in [0.2, 0.25) is 0 Å². The lowest BCUT2D eigenvalue weighted by Crippen LogP contribution is -2.43. The minimum atomic E-state index is 0.154. The van der Waals surface area contributed by atoms with Gasteiger partial charge in [0.1, 0.15) is 0 Å². The number of ether oxygens (including phenoxy) is 1. The minimum absolute atomic E-state index is 0.154. The van der Waals surface area contributed by atoms with Crippen molar-refractivity contribution in [3.05, 3.63) is 18.2 Å². The van der Waals surface area contributed by atoms with Crippen LogP contribution in [0.25, 0.3) is 0 Å². The molecular weight excluding hydrogens is 258 g/mol. The summed E-state index contributed by atoms with van der Waals surface area (Å²) in [6.45, 7) is 0.904. The molecule has 5 heteroatoms. The van der Waals surface area contributed by atoms with Crippen LogP contribution in [0.1, 0.15) is 31.0 Å². The van der Waals surface area contributed by atoms with Crippen LogP contribution >= 0.6 is 11.8 Å². The average Bonchev–Trinajstić information content (AvgIpc) is 3.02. The Morgan fingerprint density at radius 3 is 3.16 bits per heavy atom. The molecule has 0 radical (unpaired) electrons. The summed E-state index contributed by atoms with van der Waals surface area (Å²) in [6.07, 6.45) is 7.42. The van der Waals surface area contributed by atoms with Crippen LogP contribution in [0.5, 0.6) is 0 Å². The van der Waals surface area contributed by atoms with E-state index in [0.29, 0.717) is 12.0 Å². The van der Waals surface area contributed by atoms with Gasteiger partial charge in [-0.1, -0.05) is 0 Å². The van der Waals surface area contributed by atoms with Gasteiger partial charge in [0.15, 0.2) is 0 Å².